The molecule has 0 aliphatic carbocycles. The van der Waals surface area contributed by atoms with Crippen molar-refractivity contribution in [3.8, 4) is 0 Å². The molecular formula is C24H28F3N5O3. The Hall–Kier alpha value is -2.89. The van der Waals surface area contributed by atoms with Crippen molar-refractivity contribution >= 4 is 28.8 Å². The van der Waals surface area contributed by atoms with Gasteiger partial charge in [0, 0.05) is 49.9 Å². The molecule has 8 nitrogen and oxygen atoms in total. The van der Waals surface area contributed by atoms with E-state index in [0.717, 1.165) is 51.3 Å². The summed E-state index contributed by atoms with van der Waals surface area (Å²) in [5.74, 6) is -0.380. The number of ether oxygens (including phenoxy) is 2. The molecule has 0 bridgehead atoms. The van der Waals surface area contributed by atoms with Crippen LogP contribution in [-0.4, -0.2) is 78.6 Å². The van der Waals surface area contributed by atoms with Crippen LogP contribution < -0.4 is 5.32 Å². The molecule has 2 saturated heterocycles. The summed E-state index contributed by atoms with van der Waals surface area (Å²) in [6.07, 6.45) is 1.87. The lowest BCUT2D eigenvalue weighted by atomic mass is 10.1. The minimum atomic E-state index is -4.49. The van der Waals surface area contributed by atoms with E-state index in [2.05, 4.69) is 31.8 Å². The Morgan fingerprint density at radius 3 is 2.83 bits per heavy atom. The lowest BCUT2D eigenvalue weighted by molar-refractivity contribution is -0.137. The molecular weight excluding hydrogens is 463 g/mol. The van der Waals surface area contributed by atoms with Crippen LogP contribution in [0.5, 0.6) is 0 Å². The molecule has 2 aliphatic rings. The van der Waals surface area contributed by atoms with Gasteiger partial charge in [-0.15, -0.1) is 6.58 Å². The zero-order chi connectivity index (χ0) is 24.8. The summed E-state index contributed by atoms with van der Waals surface area (Å²) in [6.45, 7) is 6.85. The molecule has 4 rings (SSSR count). The van der Waals surface area contributed by atoms with Crippen molar-refractivity contribution < 1.29 is 27.4 Å². The lowest BCUT2D eigenvalue weighted by Crippen LogP contribution is -2.38. The zero-order valence-corrected chi connectivity index (χ0v) is 19.2. The quantitative estimate of drug-likeness (QED) is 0.448. The number of halogens is 3. The maximum Gasteiger partial charge on any atom is 0.416 e. The summed E-state index contributed by atoms with van der Waals surface area (Å²) >= 11 is 0. The monoisotopic (exact) mass is 491 g/mol. The number of anilines is 1. The fourth-order valence-electron chi connectivity index (χ4n) is 4.45. The van der Waals surface area contributed by atoms with E-state index >= 15 is 0 Å². The smallest absolute Gasteiger partial charge is 0.381 e. The van der Waals surface area contributed by atoms with Crippen LogP contribution in [-0.2, 0) is 20.4 Å². The molecule has 0 radical (unpaired) electrons. The number of likely N-dealkylation sites (tertiary alicyclic amines) is 1. The molecule has 2 aromatic rings. The van der Waals surface area contributed by atoms with Crippen molar-refractivity contribution in [3.05, 3.63) is 42.7 Å². The minimum absolute atomic E-state index is 0.0593. The van der Waals surface area contributed by atoms with E-state index in [1.807, 2.05) is 0 Å². The van der Waals surface area contributed by atoms with Crippen LogP contribution in [0.25, 0.3) is 10.9 Å². The SMILES string of the molecule is C=CCOC1CN(C2CCOCC2)CC1C=NC(=O)CNc1ncnc2ccc(C(F)(F)F)cc12. The van der Waals surface area contributed by atoms with Gasteiger partial charge in [-0.3, -0.25) is 9.69 Å². The topological polar surface area (TPSA) is 88.9 Å². The number of carbonyl (C=O) groups is 1. The Kier molecular flexibility index (Phi) is 8.09. The third-order valence-corrected chi connectivity index (χ3v) is 6.25. The second-order valence-electron chi connectivity index (χ2n) is 8.60. The number of benzene rings is 1. The molecule has 2 unspecified atom stereocenters. The summed E-state index contributed by atoms with van der Waals surface area (Å²) in [4.78, 5) is 26.9. The van der Waals surface area contributed by atoms with E-state index in [1.54, 1.807) is 12.3 Å². The zero-order valence-electron chi connectivity index (χ0n) is 19.2. The van der Waals surface area contributed by atoms with E-state index in [1.165, 1.54) is 12.4 Å². The average molecular weight is 492 g/mol. The second-order valence-corrected chi connectivity index (χ2v) is 8.60. The van der Waals surface area contributed by atoms with Gasteiger partial charge < -0.3 is 14.8 Å². The maximum absolute atomic E-state index is 13.1. The number of aromatic nitrogens is 2. The van der Waals surface area contributed by atoms with Crippen LogP contribution in [0.15, 0.2) is 42.2 Å². The van der Waals surface area contributed by atoms with Gasteiger partial charge in [-0.05, 0) is 31.0 Å². The van der Waals surface area contributed by atoms with Gasteiger partial charge >= 0.3 is 6.18 Å². The molecule has 2 fully saturated rings. The maximum atomic E-state index is 13.1. The van der Waals surface area contributed by atoms with Crippen LogP contribution in [0, 0.1) is 5.92 Å². The number of aliphatic imine (C=N–C) groups is 1. The number of rotatable bonds is 8. The highest BCUT2D eigenvalue weighted by atomic mass is 19.4. The third-order valence-electron chi connectivity index (χ3n) is 6.25. The summed E-state index contributed by atoms with van der Waals surface area (Å²) < 4.78 is 50.7. The molecule has 35 heavy (non-hydrogen) atoms. The summed E-state index contributed by atoms with van der Waals surface area (Å²) in [5.41, 5.74) is -0.471. The summed E-state index contributed by atoms with van der Waals surface area (Å²) in [6, 6.07) is 3.63. The molecule has 0 spiro atoms. The Bertz CT molecular complexity index is 1070. The molecule has 188 valence electrons. The van der Waals surface area contributed by atoms with Gasteiger partial charge in [0.15, 0.2) is 0 Å². The van der Waals surface area contributed by atoms with Gasteiger partial charge in [-0.2, -0.15) is 13.2 Å². The Morgan fingerprint density at radius 2 is 2.09 bits per heavy atom. The predicted octanol–water partition coefficient (Wildman–Crippen LogP) is 3.34. The standard InChI is InChI=1S/C24H28F3N5O3/c1-2-7-35-21-14-32(18-5-8-34-9-6-18)13-16(21)11-28-22(33)12-29-23-19-10-17(24(25,26)27)3-4-20(19)30-15-31-23/h2-4,10-11,15-16,18,21H,1,5-9,12-14H2,(H,29,30,31). The first-order chi connectivity index (χ1) is 16.8. The molecule has 1 aromatic carbocycles. The van der Waals surface area contributed by atoms with Crippen LogP contribution in [0.2, 0.25) is 0 Å². The number of hydrogen-bond donors (Lipinski definition) is 1. The Balaban J connectivity index is 1.40. The van der Waals surface area contributed by atoms with E-state index in [9.17, 15) is 18.0 Å². The Labute approximate surface area is 201 Å². The number of amides is 1. The number of nitrogens with one attached hydrogen (secondary N) is 1. The van der Waals surface area contributed by atoms with Crippen molar-refractivity contribution in [2.45, 2.75) is 31.2 Å². The first kappa shape index (κ1) is 25.2. The average Bonchev–Trinajstić information content (AvgIpc) is 3.27. The highest BCUT2D eigenvalue weighted by Crippen LogP contribution is 2.32. The van der Waals surface area contributed by atoms with E-state index < -0.39 is 17.6 Å². The molecule has 11 heteroatoms. The lowest BCUT2D eigenvalue weighted by Gasteiger charge is -2.30. The fraction of sp³-hybridized carbons (Fsp3) is 0.500. The van der Waals surface area contributed by atoms with Gasteiger partial charge in [-0.1, -0.05) is 6.08 Å². The molecule has 3 heterocycles. The fourth-order valence-corrected chi connectivity index (χ4v) is 4.45. The van der Waals surface area contributed by atoms with E-state index in [4.69, 9.17) is 9.47 Å². The second kappa shape index (κ2) is 11.2. The summed E-state index contributed by atoms with van der Waals surface area (Å²) in [7, 11) is 0. The van der Waals surface area contributed by atoms with Crippen LogP contribution >= 0.6 is 0 Å². The van der Waals surface area contributed by atoms with Gasteiger partial charge in [0.1, 0.15) is 12.1 Å². The number of carbonyl (C=O) groups excluding carboxylic acids is 1. The van der Waals surface area contributed by atoms with E-state index in [0.29, 0.717) is 18.2 Å². The third kappa shape index (κ3) is 6.41. The molecule has 1 amide bonds. The minimum Gasteiger partial charge on any atom is -0.381 e. The van der Waals surface area contributed by atoms with Crippen LogP contribution in [0.1, 0.15) is 18.4 Å². The van der Waals surface area contributed by atoms with Crippen molar-refractivity contribution in [2.75, 3.05) is 44.8 Å². The first-order valence-electron chi connectivity index (χ1n) is 11.5. The molecule has 1 N–H and O–H groups in total. The number of fused-ring (bicyclic) bond motifs is 1. The van der Waals surface area contributed by atoms with E-state index in [-0.39, 0.29) is 29.8 Å². The van der Waals surface area contributed by atoms with Gasteiger partial charge in [-0.25, -0.2) is 15.0 Å². The normalized spacial score (nSPS) is 22.1. The van der Waals surface area contributed by atoms with Crippen LogP contribution in [0.3, 0.4) is 0 Å². The predicted molar refractivity (Wildman–Crippen MR) is 125 cm³/mol. The number of hydrogen-bond acceptors (Lipinski definition) is 7. The van der Waals surface area contributed by atoms with Gasteiger partial charge in [0.2, 0.25) is 0 Å². The van der Waals surface area contributed by atoms with Crippen LogP contribution in [0.4, 0.5) is 19.0 Å². The largest absolute Gasteiger partial charge is 0.416 e. The first-order valence-corrected chi connectivity index (χ1v) is 11.5. The van der Waals surface area contributed by atoms with Crippen molar-refractivity contribution in [3.63, 3.8) is 0 Å². The van der Waals surface area contributed by atoms with Crippen molar-refractivity contribution in [2.24, 2.45) is 10.9 Å². The Morgan fingerprint density at radius 1 is 1.29 bits per heavy atom. The van der Waals surface area contributed by atoms with Crippen molar-refractivity contribution in [1.82, 2.24) is 14.9 Å². The van der Waals surface area contributed by atoms with Gasteiger partial charge in [0.25, 0.3) is 5.91 Å². The number of alkyl halides is 3. The molecule has 2 aliphatic heterocycles. The summed E-state index contributed by atoms with van der Waals surface area (Å²) in [5, 5.41) is 2.98. The molecule has 0 saturated carbocycles. The molecule has 2 atom stereocenters. The molecule has 1 aromatic heterocycles. The van der Waals surface area contributed by atoms with Crippen molar-refractivity contribution in [1.29, 1.82) is 0 Å². The highest BCUT2D eigenvalue weighted by molar-refractivity contribution is 5.93. The van der Waals surface area contributed by atoms with Gasteiger partial charge in [0.05, 0.1) is 30.3 Å². The number of nitrogens with zero attached hydrogens (tertiary/aromatic N) is 4. The highest BCUT2D eigenvalue weighted by Gasteiger charge is 2.36.